The van der Waals surface area contributed by atoms with Gasteiger partial charge in [0, 0.05) is 19.1 Å². The van der Waals surface area contributed by atoms with Gasteiger partial charge in [-0.2, -0.15) is 0 Å². The number of halogens is 1. The van der Waals surface area contributed by atoms with Gasteiger partial charge in [0.1, 0.15) is 5.82 Å². The van der Waals surface area contributed by atoms with Gasteiger partial charge >= 0.3 is 0 Å². The fourth-order valence-corrected chi connectivity index (χ4v) is 2.82. The van der Waals surface area contributed by atoms with Gasteiger partial charge in [0.2, 0.25) is 0 Å². The second-order valence-corrected chi connectivity index (χ2v) is 5.79. The van der Waals surface area contributed by atoms with Crippen molar-refractivity contribution in [1.82, 2.24) is 5.32 Å². The second kappa shape index (κ2) is 7.63. The maximum Gasteiger partial charge on any atom is 0.146 e. The van der Waals surface area contributed by atoms with Crippen LogP contribution in [0.5, 0.6) is 0 Å². The predicted molar refractivity (Wildman–Crippen MR) is 83.8 cm³/mol. The molecule has 3 heteroatoms. The van der Waals surface area contributed by atoms with Crippen LogP contribution in [0.25, 0.3) is 0 Å². The molecule has 2 rings (SSSR count). The third-order valence-electron chi connectivity index (χ3n) is 4.15. The molecule has 0 aliphatic carbocycles. The quantitative estimate of drug-likeness (QED) is 0.749. The van der Waals surface area contributed by atoms with Crippen molar-refractivity contribution in [2.75, 3.05) is 24.5 Å². The lowest BCUT2D eigenvalue weighted by atomic mass is 10.1. The third-order valence-corrected chi connectivity index (χ3v) is 4.15. The molecule has 1 saturated heterocycles. The molecule has 1 fully saturated rings. The third kappa shape index (κ3) is 3.95. The highest BCUT2D eigenvalue weighted by Gasteiger charge is 2.17. The molecule has 0 amide bonds. The molecule has 1 aromatic carbocycles. The van der Waals surface area contributed by atoms with Crippen LogP contribution in [0.15, 0.2) is 18.2 Å². The molecule has 1 aliphatic rings. The molecule has 112 valence electrons. The van der Waals surface area contributed by atoms with E-state index >= 15 is 0 Å². The van der Waals surface area contributed by atoms with Gasteiger partial charge in [0.15, 0.2) is 0 Å². The highest BCUT2D eigenvalue weighted by atomic mass is 19.1. The number of anilines is 1. The zero-order valence-electron chi connectivity index (χ0n) is 12.8. The van der Waals surface area contributed by atoms with Crippen LogP contribution in [0, 0.1) is 5.82 Å². The number of nitrogens with one attached hydrogen (secondary N) is 1. The van der Waals surface area contributed by atoms with Crippen molar-refractivity contribution < 1.29 is 4.39 Å². The van der Waals surface area contributed by atoms with E-state index in [-0.39, 0.29) is 11.9 Å². The molecule has 1 aromatic rings. The lowest BCUT2D eigenvalue weighted by molar-refractivity contribution is 0.539. The second-order valence-electron chi connectivity index (χ2n) is 5.79. The fourth-order valence-electron chi connectivity index (χ4n) is 2.82. The molecule has 0 unspecified atom stereocenters. The van der Waals surface area contributed by atoms with Gasteiger partial charge in [-0.05, 0) is 50.4 Å². The van der Waals surface area contributed by atoms with Gasteiger partial charge in [0.25, 0.3) is 0 Å². The summed E-state index contributed by atoms with van der Waals surface area (Å²) in [7, 11) is 0. The smallest absolute Gasteiger partial charge is 0.146 e. The summed E-state index contributed by atoms with van der Waals surface area (Å²) in [5.74, 6) is -0.0772. The minimum absolute atomic E-state index is 0.0772. The minimum Gasteiger partial charge on any atom is -0.369 e. The van der Waals surface area contributed by atoms with Crippen LogP contribution in [-0.2, 0) is 0 Å². The van der Waals surface area contributed by atoms with E-state index in [0.717, 1.165) is 30.9 Å². The first-order valence-corrected chi connectivity index (χ1v) is 8.00. The zero-order chi connectivity index (χ0) is 14.4. The van der Waals surface area contributed by atoms with Crippen molar-refractivity contribution in [3.05, 3.63) is 29.6 Å². The summed E-state index contributed by atoms with van der Waals surface area (Å²) >= 11 is 0. The van der Waals surface area contributed by atoms with Crippen molar-refractivity contribution in [3.8, 4) is 0 Å². The van der Waals surface area contributed by atoms with Crippen molar-refractivity contribution in [2.24, 2.45) is 0 Å². The molecule has 1 N–H and O–H groups in total. The van der Waals surface area contributed by atoms with Crippen LogP contribution in [0.1, 0.15) is 57.6 Å². The Balaban J connectivity index is 1.93. The number of benzene rings is 1. The highest BCUT2D eigenvalue weighted by Crippen LogP contribution is 2.26. The maximum atomic E-state index is 14.2. The molecule has 0 saturated carbocycles. The molecule has 0 aromatic heterocycles. The molecule has 20 heavy (non-hydrogen) atoms. The summed E-state index contributed by atoms with van der Waals surface area (Å²) in [6.45, 7) is 7.29. The summed E-state index contributed by atoms with van der Waals surface area (Å²) in [4.78, 5) is 2.15. The first-order chi connectivity index (χ1) is 9.72. The van der Waals surface area contributed by atoms with Crippen LogP contribution >= 0.6 is 0 Å². The minimum atomic E-state index is -0.0772. The van der Waals surface area contributed by atoms with Crippen LogP contribution in [0.3, 0.4) is 0 Å². The van der Waals surface area contributed by atoms with Crippen LogP contribution < -0.4 is 10.2 Å². The number of nitrogens with zero attached hydrogens (tertiary/aromatic N) is 1. The number of rotatable bonds is 7. The van der Waals surface area contributed by atoms with Gasteiger partial charge in [-0.15, -0.1) is 0 Å². The van der Waals surface area contributed by atoms with E-state index in [2.05, 4.69) is 30.1 Å². The average molecular weight is 278 g/mol. The van der Waals surface area contributed by atoms with Gasteiger partial charge in [-0.1, -0.05) is 25.8 Å². The fraction of sp³-hybridized carbons (Fsp3) is 0.647. The molecule has 1 atom stereocenters. The first kappa shape index (κ1) is 15.3. The Labute approximate surface area is 122 Å². The Morgan fingerprint density at radius 1 is 1.25 bits per heavy atom. The van der Waals surface area contributed by atoms with E-state index in [4.69, 9.17) is 0 Å². The first-order valence-electron chi connectivity index (χ1n) is 8.00. The van der Waals surface area contributed by atoms with Crippen molar-refractivity contribution in [1.29, 1.82) is 0 Å². The van der Waals surface area contributed by atoms with E-state index in [0.29, 0.717) is 0 Å². The molecule has 0 radical (unpaired) electrons. The molecule has 2 nitrogen and oxygen atoms in total. The Kier molecular flexibility index (Phi) is 5.84. The van der Waals surface area contributed by atoms with Crippen LogP contribution in [0.2, 0.25) is 0 Å². The molecular formula is C17H27FN2. The number of unbranched alkanes of at least 4 members (excludes halogenated alkanes) is 2. The summed E-state index contributed by atoms with van der Waals surface area (Å²) in [6, 6.07) is 5.92. The van der Waals surface area contributed by atoms with Gasteiger partial charge < -0.3 is 10.2 Å². The van der Waals surface area contributed by atoms with Gasteiger partial charge in [-0.25, -0.2) is 4.39 Å². The molecule has 1 aliphatic heterocycles. The van der Waals surface area contributed by atoms with Crippen LogP contribution in [0.4, 0.5) is 10.1 Å². The van der Waals surface area contributed by atoms with Crippen molar-refractivity contribution >= 4 is 5.69 Å². The Hall–Kier alpha value is -1.09. The Morgan fingerprint density at radius 3 is 2.65 bits per heavy atom. The summed E-state index contributed by atoms with van der Waals surface area (Å²) < 4.78 is 14.2. The Bertz CT molecular complexity index is 413. The van der Waals surface area contributed by atoms with E-state index in [1.165, 1.54) is 32.1 Å². The standard InChI is InChI=1S/C17H27FN2/c1-3-4-5-10-19-14(2)15-8-9-17(16(18)13-15)20-11-6-7-12-20/h8-9,13-14,19H,3-7,10-12H2,1-2H3/t14-/m0/s1. The lowest BCUT2D eigenvalue weighted by Crippen LogP contribution is -2.21. The maximum absolute atomic E-state index is 14.2. The number of hydrogen-bond donors (Lipinski definition) is 1. The van der Waals surface area contributed by atoms with E-state index in [1.807, 2.05) is 6.07 Å². The van der Waals surface area contributed by atoms with Crippen LogP contribution in [-0.4, -0.2) is 19.6 Å². The number of hydrogen-bond acceptors (Lipinski definition) is 2. The van der Waals surface area contributed by atoms with E-state index < -0.39 is 0 Å². The molecule has 0 bridgehead atoms. The predicted octanol–water partition coefficient (Wildman–Crippen LogP) is 4.27. The normalized spacial score (nSPS) is 16.6. The van der Waals surface area contributed by atoms with Crippen molar-refractivity contribution in [2.45, 2.75) is 52.0 Å². The SMILES string of the molecule is CCCCCN[C@@H](C)c1ccc(N2CCCC2)c(F)c1. The summed E-state index contributed by atoms with van der Waals surface area (Å²) in [5.41, 5.74) is 1.81. The molecule has 1 heterocycles. The lowest BCUT2D eigenvalue weighted by Gasteiger charge is -2.20. The molecular weight excluding hydrogens is 251 g/mol. The largest absolute Gasteiger partial charge is 0.369 e. The van der Waals surface area contributed by atoms with E-state index in [1.54, 1.807) is 6.07 Å². The zero-order valence-corrected chi connectivity index (χ0v) is 12.8. The van der Waals surface area contributed by atoms with Gasteiger partial charge in [0.05, 0.1) is 5.69 Å². The monoisotopic (exact) mass is 278 g/mol. The average Bonchev–Trinajstić information content (AvgIpc) is 2.97. The Morgan fingerprint density at radius 2 is 2.00 bits per heavy atom. The van der Waals surface area contributed by atoms with E-state index in [9.17, 15) is 4.39 Å². The summed E-state index contributed by atoms with van der Waals surface area (Å²) in [5, 5.41) is 3.47. The van der Waals surface area contributed by atoms with Gasteiger partial charge in [-0.3, -0.25) is 0 Å². The topological polar surface area (TPSA) is 15.3 Å². The van der Waals surface area contributed by atoms with Crippen molar-refractivity contribution in [3.63, 3.8) is 0 Å². The highest BCUT2D eigenvalue weighted by molar-refractivity contribution is 5.50. The molecule has 0 spiro atoms. The summed E-state index contributed by atoms with van der Waals surface area (Å²) in [6.07, 6.45) is 6.03.